The number of aryl methyl sites for hydroxylation is 1. The van der Waals surface area contributed by atoms with Crippen LogP contribution in [0.3, 0.4) is 0 Å². The molecular weight excluding hydrogens is 242 g/mol. The van der Waals surface area contributed by atoms with E-state index >= 15 is 0 Å². The number of hydrogen-bond acceptors (Lipinski definition) is 2. The highest BCUT2D eigenvalue weighted by Gasteiger charge is 2.06. The molecule has 3 heteroatoms. The van der Waals surface area contributed by atoms with Gasteiger partial charge in [-0.25, -0.2) is 0 Å². The number of nitrogens with zero attached hydrogens (tertiary/aromatic N) is 1. The number of hydrogen-bond donors (Lipinski definition) is 0. The molecule has 0 bridgehead atoms. The summed E-state index contributed by atoms with van der Waals surface area (Å²) >= 11 is 5.27. The number of oxazole rings is 1. The standard InChI is InChI=1S/C15H13NOS/c1-11-6-8-12(9-7-11)10-16-13-4-2-3-5-14(13)17-15(16)18/h2-9H,10H2,1H3. The van der Waals surface area contributed by atoms with Gasteiger partial charge in [-0.1, -0.05) is 42.0 Å². The molecule has 0 atom stereocenters. The van der Waals surface area contributed by atoms with E-state index < -0.39 is 0 Å². The van der Waals surface area contributed by atoms with Gasteiger partial charge in [-0.05, 0) is 36.8 Å². The van der Waals surface area contributed by atoms with E-state index in [1.54, 1.807) is 0 Å². The van der Waals surface area contributed by atoms with Crippen molar-refractivity contribution < 1.29 is 4.42 Å². The van der Waals surface area contributed by atoms with Crippen molar-refractivity contribution in [3.05, 3.63) is 64.5 Å². The number of fused-ring (bicyclic) bond motifs is 1. The van der Waals surface area contributed by atoms with Gasteiger partial charge in [-0.3, -0.25) is 4.57 Å². The zero-order valence-corrected chi connectivity index (χ0v) is 10.9. The maximum atomic E-state index is 5.57. The fourth-order valence-electron chi connectivity index (χ4n) is 2.04. The molecule has 3 rings (SSSR count). The van der Waals surface area contributed by atoms with Gasteiger partial charge in [0.2, 0.25) is 0 Å². The molecule has 0 radical (unpaired) electrons. The zero-order chi connectivity index (χ0) is 12.5. The van der Waals surface area contributed by atoms with Gasteiger partial charge in [0.05, 0.1) is 12.1 Å². The van der Waals surface area contributed by atoms with Crippen molar-refractivity contribution in [2.24, 2.45) is 0 Å². The predicted octanol–water partition coefficient (Wildman–Crippen LogP) is 4.32. The molecule has 0 amide bonds. The van der Waals surface area contributed by atoms with E-state index in [2.05, 4.69) is 31.2 Å². The second kappa shape index (κ2) is 4.42. The van der Waals surface area contributed by atoms with Crippen LogP contribution in [0.5, 0.6) is 0 Å². The van der Waals surface area contributed by atoms with Gasteiger partial charge in [0.25, 0.3) is 4.84 Å². The number of aromatic nitrogens is 1. The van der Waals surface area contributed by atoms with Crippen molar-refractivity contribution in [1.29, 1.82) is 0 Å². The Morgan fingerprint density at radius 3 is 2.56 bits per heavy atom. The van der Waals surface area contributed by atoms with Gasteiger partial charge in [0, 0.05) is 0 Å². The second-order valence-electron chi connectivity index (χ2n) is 4.41. The van der Waals surface area contributed by atoms with Crippen LogP contribution in [-0.4, -0.2) is 4.57 Å². The fourth-order valence-corrected chi connectivity index (χ4v) is 2.29. The number of benzene rings is 2. The van der Waals surface area contributed by atoms with Crippen LogP contribution in [0, 0.1) is 11.8 Å². The summed E-state index contributed by atoms with van der Waals surface area (Å²) in [5.74, 6) is 0. The molecule has 1 aromatic heterocycles. The molecule has 0 N–H and O–H groups in total. The molecule has 2 aromatic carbocycles. The first-order chi connectivity index (χ1) is 8.74. The van der Waals surface area contributed by atoms with E-state index in [0.717, 1.165) is 17.6 Å². The smallest absolute Gasteiger partial charge is 0.269 e. The second-order valence-corrected chi connectivity index (χ2v) is 4.76. The Morgan fingerprint density at radius 1 is 1.06 bits per heavy atom. The van der Waals surface area contributed by atoms with Crippen molar-refractivity contribution in [3.8, 4) is 0 Å². The topological polar surface area (TPSA) is 18.1 Å². The Hall–Kier alpha value is -1.87. The van der Waals surface area contributed by atoms with Crippen LogP contribution < -0.4 is 0 Å². The van der Waals surface area contributed by atoms with Gasteiger partial charge in [-0.2, -0.15) is 0 Å². The van der Waals surface area contributed by atoms with Gasteiger partial charge >= 0.3 is 0 Å². The third-order valence-electron chi connectivity index (χ3n) is 3.03. The largest absolute Gasteiger partial charge is 0.429 e. The van der Waals surface area contributed by atoms with Crippen molar-refractivity contribution in [3.63, 3.8) is 0 Å². The summed E-state index contributed by atoms with van der Waals surface area (Å²) < 4.78 is 7.60. The third-order valence-corrected chi connectivity index (χ3v) is 3.34. The molecule has 3 aromatic rings. The fraction of sp³-hybridized carbons (Fsp3) is 0.133. The predicted molar refractivity (Wildman–Crippen MR) is 75.3 cm³/mol. The van der Waals surface area contributed by atoms with Crippen LogP contribution in [0.2, 0.25) is 0 Å². The molecular formula is C15H13NOS. The molecule has 0 spiro atoms. The summed E-state index contributed by atoms with van der Waals surface area (Å²) in [6.07, 6.45) is 0. The first-order valence-corrected chi connectivity index (χ1v) is 6.29. The van der Waals surface area contributed by atoms with Crippen LogP contribution in [0.1, 0.15) is 11.1 Å². The average molecular weight is 255 g/mol. The highest BCUT2D eigenvalue weighted by molar-refractivity contribution is 7.71. The van der Waals surface area contributed by atoms with Crippen LogP contribution in [0.4, 0.5) is 0 Å². The molecule has 1 heterocycles. The van der Waals surface area contributed by atoms with Crippen molar-refractivity contribution in [2.75, 3.05) is 0 Å². The van der Waals surface area contributed by atoms with E-state index in [1.165, 1.54) is 11.1 Å². The van der Waals surface area contributed by atoms with Crippen LogP contribution >= 0.6 is 12.2 Å². The lowest BCUT2D eigenvalue weighted by Crippen LogP contribution is -1.99. The maximum absolute atomic E-state index is 5.57. The first-order valence-electron chi connectivity index (χ1n) is 5.88. The van der Waals surface area contributed by atoms with Crippen LogP contribution in [0.15, 0.2) is 52.9 Å². The van der Waals surface area contributed by atoms with Crippen LogP contribution in [-0.2, 0) is 6.54 Å². The first kappa shape index (κ1) is 11.2. The van der Waals surface area contributed by atoms with Gasteiger partial charge in [-0.15, -0.1) is 0 Å². The van der Waals surface area contributed by atoms with E-state index in [0.29, 0.717) is 4.84 Å². The van der Waals surface area contributed by atoms with Crippen molar-refractivity contribution >= 4 is 23.3 Å². The minimum absolute atomic E-state index is 0.525. The molecule has 0 saturated carbocycles. The van der Waals surface area contributed by atoms with Crippen molar-refractivity contribution in [1.82, 2.24) is 4.57 Å². The molecule has 0 aliphatic rings. The summed E-state index contributed by atoms with van der Waals surface area (Å²) in [6, 6.07) is 16.4. The molecule has 18 heavy (non-hydrogen) atoms. The third kappa shape index (κ3) is 1.97. The van der Waals surface area contributed by atoms with E-state index in [4.69, 9.17) is 16.6 Å². The minimum Gasteiger partial charge on any atom is -0.429 e. The highest BCUT2D eigenvalue weighted by atomic mass is 32.1. The normalized spacial score (nSPS) is 10.9. The Kier molecular flexibility index (Phi) is 2.76. The zero-order valence-electron chi connectivity index (χ0n) is 10.1. The van der Waals surface area contributed by atoms with Gasteiger partial charge in [0.1, 0.15) is 0 Å². The molecule has 0 saturated heterocycles. The summed E-state index contributed by atoms with van der Waals surface area (Å²) in [4.78, 5) is 0.525. The Balaban J connectivity index is 2.07. The molecule has 0 unspecified atom stereocenters. The molecule has 0 fully saturated rings. The minimum atomic E-state index is 0.525. The SMILES string of the molecule is Cc1ccc(Cn2c(=S)oc3ccccc32)cc1. The molecule has 0 aliphatic carbocycles. The Labute approximate surface area is 110 Å². The maximum Gasteiger partial charge on any atom is 0.269 e. The summed E-state index contributed by atoms with van der Waals surface area (Å²) in [5.41, 5.74) is 4.38. The quantitative estimate of drug-likeness (QED) is 0.635. The Morgan fingerprint density at radius 2 is 1.78 bits per heavy atom. The van der Waals surface area contributed by atoms with Gasteiger partial charge < -0.3 is 4.42 Å². The average Bonchev–Trinajstić information content (AvgIpc) is 2.69. The molecule has 2 nitrogen and oxygen atoms in total. The number of rotatable bonds is 2. The lowest BCUT2D eigenvalue weighted by molar-refractivity contribution is 0.548. The van der Waals surface area contributed by atoms with E-state index in [9.17, 15) is 0 Å². The van der Waals surface area contributed by atoms with Crippen LogP contribution in [0.25, 0.3) is 11.1 Å². The lowest BCUT2D eigenvalue weighted by atomic mass is 10.1. The number of para-hydroxylation sites is 2. The summed E-state index contributed by atoms with van der Waals surface area (Å²) in [6.45, 7) is 2.83. The summed E-state index contributed by atoms with van der Waals surface area (Å²) in [5, 5.41) is 0. The Bertz CT molecular complexity index is 737. The molecule has 0 aliphatic heterocycles. The summed E-state index contributed by atoms with van der Waals surface area (Å²) in [7, 11) is 0. The highest BCUT2D eigenvalue weighted by Crippen LogP contribution is 2.18. The monoisotopic (exact) mass is 255 g/mol. The van der Waals surface area contributed by atoms with Gasteiger partial charge in [0.15, 0.2) is 5.58 Å². The van der Waals surface area contributed by atoms with E-state index in [1.807, 2.05) is 28.8 Å². The molecule has 90 valence electrons. The van der Waals surface area contributed by atoms with E-state index in [-0.39, 0.29) is 0 Å². The lowest BCUT2D eigenvalue weighted by Gasteiger charge is -2.04. The van der Waals surface area contributed by atoms with Crippen molar-refractivity contribution in [2.45, 2.75) is 13.5 Å².